The van der Waals surface area contributed by atoms with Gasteiger partial charge in [-0.05, 0) is 18.7 Å². The number of pyridine rings is 1. The zero-order valence-electron chi connectivity index (χ0n) is 10.1. The predicted molar refractivity (Wildman–Crippen MR) is 66.7 cm³/mol. The standard InChI is InChI=1S/C12H18N4O/c1-2-15-5-7-16(8-6-15)12(17)11-9-10(13)3-4-14-11/h3-4,9H,2,5-8H2,1H3,(H2,13,14). The highest BCUT2D eigenvalue weighted by molar-refractivity contribution is 5.93. The van der Waals surface area contributed by atoms with Crippen LogP contribution >= 0.6 is 0 Å². The number of nitrogens with two attached hydrogens (primary N) is 1. The van der Waals surface area contributed by atoms with Gasteiger partial charge in [-0.15, -0.1) is 0 Å². The minimum absolute atomic E-state index is 0.0203. The fourth-order valence-electron chi connectivity index (χ4n) is 1.99. The minimum Gasteiger partial charge on any atom is -0.399 e. The van der Waals surface area contributed by atoms with Crippen molar-refractivity contribution in [2.45, 2.75) is 6.92 Å². The number of aromatic nitrogens is 1. The molecule has 5 nitrogen and oxygen atoms in total. The number of hydrogen-bond acceptors (Lipinski definition) is 4. The number of likely N-dealkylation sites (N-methyl/N-ethyl adjacent to an activating group) is 1. The Bertz CT molecular complexity index is 399. The van der Waals surface area contributed by atoms with Crippen LogP contribution in [0.3, 0.4) is 0 Å². The summed E-state index contributed by atoms with van der Waals surface area (Å²) in [6, 6.07) is 3.32. The molecule has 1 aromatic heterocycles. The number of piperazine rings is 1. The van der Waals surface area contributed by atoms with Crippen molar-refractivity contribution in [3.63, 3.8) is 0 Å². The maximum atomic E-state index is 12.1. The van der Waals surface area contributed by atoms with Crippen molar-refractivity contribution in [2.24, 2.45) is 0 Å². The fraction of sp³-hybridized carbons (Fsp3) is 0.500. The second-order valence-electron chi connectivity index (χ2n) is 4.20. The maximum Gasteiger partial charge on any atom is 0.272 e. The molecule has 1 aliphatic rings. The van der Waals surface area contributed by atoms with Crippen molar-refractivity contribution in [1.29, 1.82) is 0 Å². The molecule has 17 heavy (non-hydrogen) atoms. The van der Waals surface area contributed by atoms with Crippen molar-refractivity contribution in [3.8, 4) is 0 Å². The molecule has 2 rings (SSSR count). The third kappa shape index (κ3) is 2.74. The van der Waals surface area contributed by atoms with E-state index in [0.29, 0.717) is 11.4 Å². The molecule has 5 heteroatoms. The number of nitrogens with zero attached hydrogens (tertiary/aromatic N) is 3. The van der Waals surface area contributed by atoms with Gasteiger partial charge in [-0.1, -0.05) is 6.92 Å². The molecule has 0 atom stereocenters. The lowest BCUT2D eigenvalue weighted by molar-refractivity contribution is 0.0637. The molecule has 1 fully saturated rings. The van der Waals surface area contributed by atoms with Crippen LogP contribution in [0.25, 0.3) is 0 Å². The number of amides is 1. The van der Waals surface area contributed by atoms with Gasteiger partial charge in [0.05, 0.1) is 0 Å². The highest BCUT2D eigenvalue weighted by Crippen LogP contribution is 2.09. The molecule has 0 bridgehead atoms. The summed E-state index contributed by atoms with van der Waals surface area (Å²) in [5.74, 6) is -0.0203. The summed E-state index contributed by atoms with van der Waals surface area (Å²) < 4.78 is 0. The molecule has 0 radical (unpaired) electrons. The molecular formula is C12H18N4O. The second-order valence-corrected chi connectivity index (χ2v) is 4.20. The van der Waals surface area contributed by atoms with Gasteiger partial charge in [-0.25, -0.2) is 0 Å². The topological polar surface area (TPSA) is 62.5 Å². The predicted octanol–water partition coefficient (Wildman–Crippen LogP) is 0.441. The normalized spacial score (nSPS) is 17.1. The number of carbonyl (C=O) groups excluding carboxylic acids is 1. The zero-order valence-corrected chi connectivity index (χ0v) is 10.1. The first kappa shape index (κ1) is 11.9. The van der Waals surface area contributed by atoms with Crippen LogP contribution in [0.15, 0.2) is 18.3 Å². The molecule has 2 N–H and O–H groups in total. The molecule has 1 amide bonds. The van der Waals surface area contributed by atoms with Gasteiger partial charge in [-0.2, -0.15) is 0 Å². The Hall–Kier alpha value is -1.62. The van der Waals surface area contributed by atoms with E-state index in [9.17, 15) is 4.79 Å². The molecule has 1 aromatic rings. The van der Waals surface area contributed by atoms with Crippen LogP contribution in [-0.4, -0.2) is 53.4 Å². The number of anilines is 1. The Morgan fingerprint density at radius 1 is 1.41 bits per heavy atom. The number of nitrogen functional groups attached to an aromatic ring is 1. The van der Waals surface area contributed by atoms with E-state index >= 15 is 0 Å². The smallest absolute Gasteiger partial charge is 0.272 e. The molecule has 0 spiro atoms. The van der Waals surface area contributed by atoms with Crippen molar-refractivity contribution >= 4 is 11.6 Å². The minimum atomic E-state index is -0.0203. The van der Waals surface area contributed by atoms with Crippen LogP contribution in [0, 0.1) is 0 Å². The lowest BCUT2D eigenvalue weighted by Gasteiger charge is -2.33. The summed E-state index contributed by atoms with van der Waals surface area (Å²) >= 11 is 0. The number of rotatable bonds is 2. The Kier molecular flexibility index (Phi) is 3.58. The lowest BCUT2D eigenvalue weighted by Crippen LogP contribution is -2.48. The van der Waals surface area contributed by atoms with Crippen molar-refractivity contribution in [2.75, 3.05) is 38.5 Å². The Balaban J connectivity index is 2.02. The van der Waals surface area contributed by atoms with Crippen LogP contribution in [-0.2, 0) is 0 Å². The summed E-state index contributed by atoms with van der Waals surface area (Å²) in [6.07, 6.45) is 1.57. The first-order valence-corrected chi connectivity index (χ1v) is 5.94. The van der Waals surface area contributed by atoms with E-state index in [1.54, 1.807) is 18.3 Å². The van der Waals surface area contributed by atoms with E-state index in [2.05, 4.69) is 16.8 Å². The summed E-state index contributed by atoms with van der Waals surface area (Å²) in [7, 11) is 0. The summed E-state index contributed by atoms with van der Waals surface area (Å²) in [6.45, 7) is 6.58. The van der Waals surface area contributed by atoms with Gasteiger partial charge in [0.2, 0.25) is 0 Å². The van der Waals surface area contributed by atoms with E-state index in [1.807, 2.05) is 4.90 Å². The lowest BCUT2D eigenvalue weighted by atomic mass is 10.2. The quantitative estimate of drug-likeness (QED) is 0.806. The highest BCUT2D eigenvalue weighted by atomic mass is 16.2. The average molecular weight is 234 g/mol. The monoisotopic (exact) mass is 234 g/mol. The van der Waals surface area contributed by atoms with E-state index in [4.69, 9.17) is 5.73 Å². The van der Waals surface area contributed by atoms with Gasteiger partial charge in [0, 0.05) is 38.1 Å². The molecule has 0 saturated carbocycles. The molecule has 2 heterocycles. The number of carbonyl (C=O) groups is 1. The molecular weight excluding hydrogens is 216 g/mol. The van der Waals surface area contributed by atoms with Gasteiger partial charge in [0.25, 0.3) is 5.91 Å². The van der Waals surface area contributed by atoms with E-state index in [0.717, 1.165) is 32.7 Å². The van der Waals surface area contributed by atoms with Gasteiger partial charge >= 0.3 is 0 Å². The molecule has 92 valence electrons. The van der Waals surface area contributed by atoms with Crippen LogP contribution in [0.1, 0.15) is 17.4 Å². The van der Waals surface area contributed by atoms with E-state index in [-0.39, 0.29) is 5.91 Å². The summed E-state index contributed by atoms with van der Waals surface area (Å²) in [5.41, 5.74) is 6.67. The third-order valence-corrected chi connectivity index (χ3v) is 3.11. The van der Waals surface area contributed by atoms with Crippen LogP contribution in [0.5, 0.6) is 0 Å². The number of hydrogen-bond donors (Lipinski definition) is 1. The Labute approximate surface area is 101 Å². The molecule has 0 unspecified atom stereocenters. The first-order valence-electron chi connectivity index (χ1n) is 5.94. The molecule has 1 saturated heterocycles. The second kappa shape index (κ2) is 5.14. The zero-order chi connectivity index (χ0) is 12.3. The van der Waals surface area contributed by atoms with Gasteiger partial charge < -0.3 is 15.5 Å². The van der Waals surface area contributed by atoms with Crippen LogP contribution in [0.2, 0.25) is 0 Å². The highest BCUT2D eigenvalue weighted by Gasteiger charge is 2.21. The first-order chi connectivity index (χ1) is 8.20. The Morgan fingerprint density at radius 2 is 2.12 bits per heavy atom. The van der Waals surface area contributed by atoms with Gasteiger partial charge in [-0.3, -0.25) is 9.78 Å². The molecule has 0 aliphatic carbocycles. The van der Waals surface area contributed by atoms with Crippen LogP contribution in [0.4, 0.5) is 5.69 Å². The summed E-state index contributed by atoms with van der Waals surface area (Å²) in [5, 5.41) is 0. The van der Waals surface area contributed by atoms with Crippen molar-refractivity contribution in [1.82, 2.24) is 14.8 Å². The maximum absolute atomic E-state index is 12.1. The third-order valence-electron chi connectivity index (χ3n) is 3.11. The largest absolute Gasteiger partial charge is 0.399 e. The molecule has 1 aliphatic heterocycles. The SMILES string of the molecule is CCN1CCN(C(=O)c2cc(N)ccn2)CC1. The van der Waals surface area contributed by atoms with Gasteiger partial charge in [0.15, 0.2) is 0 Å². The van der Waals surface area contributed by atoms with E-state index < -0.39 is 0 Å². The average Bonchev–Trinajstić information content (AvgIpc) is 2.38. The summed E-state index contributed by atoms with van der Waals surface area (Å²) in [4.78, 5) is 20.4. The van der Waals surface area contributed by atoms with Crippen LogP contribution < -0.4 is 5.73 Å². The molecule has 0 aromatic carbocycles. The Morgan fingerprint density at radius 3 is 2.71 bits per heavy atom. The van der Waals surface area contributed by atoms with Crippen molar-refractivity contribution in [3.05, 3.63) is 24.0 Å². The van der Waals surface area contributed by atoms with E-state index in [1.165, 1.54) is 0 Å². The van der Waals surface area contributed by atoms with Gasteiger partial charge in [0.1, 0.15) is 5.69 Å². The van der Waals surface area contributed by atoms with Crippen molar-refractivity contribution < 1.29 is 4.79 Å². The fourth-order valence-corrected chi connectivity index (χ4v) is 1.99.